The second-order valence-electron chi connectivity index (χ2n) is 10.8. The van der Waals surface area contributed by atoms with E-state index in [-0.39, 0.29) is 69.8 Å². The molecule has 2 aromatic carbocycles. The van der Waals surface area contributed by atoms with Gasteiger partial charge in [-0.2, -0.15) is 0 Å². The Morgan fingerprint density at radius 1 is 0.976 bits per heavy atom. The molecule has 4 unspecified atom stereocenters. The molecule has 11 nitrogen and oxygen atoms in total. The minimum atomic E-state index is -0.832. The van der Waals surface area contributed by atoms with Crippen LogP contribution in [0, 0.1) is 27.9 Å². The van der Waals surface area contributed by atoms with Crippen LogP contribution in [-0.2, 0) is 19.2 Å². The van der Waals surface area contributed by atoms with Crippen molar-refractivity contribution >= 4 is 34.8 Å². The Morgan fingerprint density at radius 2 is 1.62 bits per heavy atom. The van der Waals surface area contributed by atoms with Crippen molar-refractivity contribution in [3.63, 3.8) is 0 Å². The molecule has 1 fully saturated rings. The molecule has 3 aliphatic carbocycles. The topological polar surface area (TPSA) is 153 Å². The Balaban J connectivity index is 1.51. The lowest BCUT2D eigenvalue weighted by Gasteiger charge is -2.42. The van der Waals surface area contributed by atoms with Crippen LogP contribution in [0.1, 0.15) is 31.2 Å². The van der Waals surface area contributed by atoms with Crippen molar-refractivity contribution in [3.8, 4) is 17.2 Å². The molecular weight excluding hydrogens is 544 g/mol. The van der Waals surface area contributed by atoms with Crippen LogP contribution in [0.5, 0.6) is 17.2 Å². The molecule has 0 radical (unpaired) electrons. The number of nitro groups is 1. The number of imide groups is 1. The van der Waals surface area contributed by atoms with E-state index >= 15 is 0 Å². The quantitative estimate of drug-likeness (QED) is 0.185. The number of fused-ring (bicyclic) bond motifs is 3. The zero-order valence-corrected chi connectivity index (χ0v) is 23.0. The molecule has 1 heterocycles. The van der Waals surface area contributed by atoms with Crippen LogP contribution in [0.15, 0.2) is 70.8 Å². The van der Waals surface area contributed by atoms with Crippen molar-refractivity contribution in [1.29, 1.82) is 0 Å². The van der Waals surface area contributed by atoms with Crippen LogP contribution < -0.4 is 14.4 Å². The molecule has 0 bridgehead atoms. The number of methoxy groups -OCH3 is 2. The first kappa shape index (κ1) is 27.1. The summed E-state index contributed by atoms with van der Waals surface area (Å²) in [7, 11) is 2.83. The number of phenols is 1. The van der Waals surface area contributed by atoms with Crippen LogP contribution in [0.4, 0.5) is 11.4 Å². The molecule has 0 saturated carbocycles. The van der Waals surface area contributed by atoms with Gasteiger partial charge >= 0.3 is 0 Å². The molecule has 2 amide bonds. The third-order valence-electron chi connectivity index (χ3n) is 8.70. The van der Waals surface area contributed by atoms with Crippen LogP contribution in [-0.4, -0.2) is 47.6 Å². The van der Waals surface area contributed by atoms with Gasteiger partial charge in [-0.15, -0.1) is 0 Å². The minimum absolute atomic E-state index is 0.0863. The van der Waals surface area contributed by atoms with Crippen molar-refractivity contribution in [2.75, 3.05) is 19.1 Å². The van der Waals surface area contributed by atoms with Gasteiger partial charge in [0, 0.05) is 52.5 Å². The molecule has 0 spiro atoms. The van der Waals surface area contributed by atoms with E-state index in [2.05, 4.69) is 0 Å². The largest absolute Gasteiger partial charge is 0.508 e. The number of nitrogens with zero attached hydrogens (tertiary/aromatic N) is 2. The molecule has 1 saturated heterocycles. The summed E-state index contributed by atoms with van der Waals surface area (Å²) in [5, 5.41) is 21.4. The lowest BCUT2D eigenvalue weighted by atomic mass is 9.59. The van der Waals surface area contributed by atoms with Gasteiger partial charge in [0.1, 0.15) is 17.2 Å². The number of hydrogen-bond donors (Lipinski definition) is 1. The number of Topliss-reactive ketones (excluding diaryl/α,β-unsaturated/α-hetero) is 1. The molecule has 11 heteroatoms. The van der Waals surface area contributed by atoms with Gasteiger partial charge in [-0.05, 0) is 43.9 Å². The molecule has 4 aliphatic rings. The number of phenolic OH excluding ortho intramolecular Hbond substituents is 1. The first-order valence-electron chi connectivity index (χ1n) is 13.3. The Bertz CT molecular complexity index is 1670. The number of carbonyl (C=O) groups is 4. The molecule has 0 aromatic heterocycles. The molecule has 1 N–H and O–H groups in total. The summed E-state index contributed by atoms with van der Waals surface area (Å²) in [6, 6.07) is 8.00. The molecule has 1 aliphatic heterocycles. The Hall–Kier alpha value is -5.06. The zero-order chi connectivity index (χ0) is 30.0. The van der Waals surface area contributed by atoms with Gasteiger partial charge in [0.2, 0.25) is 11.8 Å². The van der Waals surface area contributed by atoms with Gasteiger partial charge in [0.15, 0.2) is 11.6 Å². The Labute approximate surface area is 239 Å². The van der Waals surface area contributed by atoms with Crippen molar-refractivity contribution in [2.45, 2.75) is 25.7 Å². The highest BCUT2D eigenvalue weighted by Crippen LogP contribution is 2.58. The number of ketones is 2. The van der Waals surface area contributed by atoms with E-state index in [4.69, 9.17) is 9.47 Å². The second-order valence-corrected chi connectivity index (χ2v) is 10.8. The van der Waals surface area contributed by atoms with Gasteiger partial charge < -0.3 is 14.6 Å². The molecule has 214 valence electrons. The lowest BCUT2D eigenvalue weighted by molar-refractivity contribution is -0.384. The van der Waals surface area contributed by atoms with Crippen LogP contribution in [0.25, 0.3) is 0 Å². The average molecular weight is 571 g/mol. The van der Waals surface area contributed by atoms with E-state index in [1.807, 2.05) is 6.08 Å². The molecule has 42 heavy (non-hydrogen) atoms. The maximum absolute atomic E-state index is 14.0. The first-order chi connectivity index (χ1) is 20.1. The summed E-state index contributed by atoms with van der Waals surface area (Å²) >= 11 is 0. The first-order valence-corrected chi connectivity index (χ1v) is 13.3. The monoisotopic (exact) mass is 570 g/mol. The normalized spacial score (nSPS) is 25.0. The summed E-state index contributed by atoms with van der Waals surface area (Å²) in [6.45, 7) is 1.57. The van der Waals surface area contributed by atoms with Crippen molar-refractivity contribution in [3.05, 3.63) is 86.5 Å². The third-order valence-corrected chi connectivity index (χ3v) is 8.70. The number of rotatable bonds is 5. The summed E-state index contributed by atoms with van der Waals surface area (Å²) in [5.41, 5.74) is 2.00. The maximum Gasteiger partial charge on any atom is 0.269 e. The minimum Gasteiger partial charge on any atom is -0.508 e. The van der Waals surface area contributed by atoms with Crippen molar-refractivity contribution < 1.29 is 38.7 Å². The summed E-state index contributed by atoms with van der Waals surface area (Å²) in [4.78, 5) is 66.3. The van der Waals surface area contributed by atoms with E-state index in [9.17, 15) is 34.4 Å². The number of amides is 2. The number of aromatic hydroxyl groups is 1. The summed E-state index contributed by atoms with van der Waals surface area (Å²) in [5.74, 6) is -4.15. The van der Waals surface area contributed by atoms with Crippen LogP contribution >= 0.6 is 0 Å². The Morgan fingerprint density at radius 3 is 2.21 bits per heavy atom. The number of allylic oxidation sites excluding steroid dienone is 6. The number of ether oxygens (including phenoxy) is 2. The predicted octanol–water partition coefficient (Wildman–Crippen LogP) is 3.95. The Kier molecular flexibility index (Phi) is 6.32. The van der Waals surface area contributed by atoms with Gasteiger partial charge in [0.25, 0.3) is 5.69 Å². The van der Waals surface area contributed by atoms with E-state index in [0.29, 0.717) is 11.1 Å². The van der Waals surface area contributed by atoms with Gasteiger partial charge in [-0.1, -0.05) is 11.6 Å². The standard InChI is InChI=1S/C31H26N2O9/c1-14-10-22(35)21-13-20-18(26(27(21)29(14)36)28-23(41-2)11-17(34)12-24(28)42-3)8-9-19-25(20)31(38)32(30(19)37)15-4-6-16(7-5-15)33(39)40/h4-8,10-12,19-20,25-26,34H,9,13H2,1-3H3. The molecular formula is C31H26N2O9. The van der Waals surface area contributed by atoms with Gasteiger partial charge in [-0.3, -0.25) is 34.2 Å². The number of anilines is 1. The zero-order valence-electron chi connectivity index (χ0n) is 23.0. The number of non-ortho nitro benzene ring substituents is 1. The summed E-state index contributed by atoms with van der Waals surface area (Å²) < 4.78 is 11.2. The van der Waals surface area contributed by atoms with Crippen LogP contribution in [0.3, 0.4) is 0 Å². The summed E-state index contributed by atoms with van der Waals surface area (Å²) in [6.07, 6.45) is 3.46. The smallest absolute Gasteiger partial charge is 0.269 e. The lowest BCUT2D eigenvalue weighted by Crippen LogP contribution is -2.40. The molecule has 2 aromatic rings. The molecule has 6 rings (SSSR count). The fourth-order valence-electron chi connectivity index (χ4n) is 6.88. The maximum atomic E-state index is 14.0. The number of benzene rings is 2. The third kappa shape index (κ3) is 3.87. The van der Waals surface area contributed by atoms with Crippen LogP contribution in [0.2, 0.25) is 0 Å². The van der Waals surface area contributed by atoms with E-state index in [1.54, 1.807) is 6.92 Å². The van der Waals surface area contributed by atoms with Crippen molar-refractivity contribution in [1.82, 2.24) is 0 Å². The predicted molar refractivity (Wildman–Crippen MR) is 148 cm³/mol. The number of nitro benzene ring substituents is 1. The van der Waals surface area contributed by atoms with E-state index in [0.717, 1.165) is 4.90 Å². The highest BCUT2D eigenvalue weighted by atomic mass is 16.6. The average Bonchev–Trinajstić information content (AvgIpc) is 3.23. The molecule has 4 atom stereocenters. The SMILES string of the molecule is COc1cc(O)cc(OC)c1C1C2=CCC3C(=O)N(c4ccc([N+](=O)[O-])cc4)C(=O)C3C2CC2=C1C(=O)C(C)=CC2=O. The van der Waals surface area contributed by atoms with Gasteiger partial charge in [-0.25, -0.2) is 0 Å². The fraction of sp³-hybridized carbons (Fsp3) is 0.290. The van der Waals surface area contributed by atoms with Crippen molar-refractivity contribution in [2.24, 2.45) is 17.8 Å². The number of carbonyl (C=O) groups excluding carboxylic acids is 4. The number of hydrogen-bond acceptors (Lipinski definition) is 9. The van der Waals surface area contributed by atoms with E-state index < -0.39 is 40.4 Å². The second kappa shape index (κ2) is 9.79. The fourth-order valence-corrected chi connectivity index (χ4v) is 6.88. The highest BCUT2D eigenvalue weighted by molar-refractivity contribution is 6.25. The highest BCUT2D eigenvalue weighted by Gasteiger charge is 2.57. The van der Waals surface area contributed by atoms with E-state index in [1.165, 1.54) is 56.7 Å². The van der Waals surface area contributed by atoms with Gasteiger partial charge in [0.05, 0.1) is 36.7 Å².